The van der Waals surface area contributed by atoms with Gasteiger partial charge in [-0.25, -0.2) is 9.78 Å². The van der Waals surface area contributed by atoms with Crippen molar-refractivity contribution in [3.63, 3.8) is 0 Å². The normalized spacial score (nSPS) is 10.5. The summed E-state index contributed by atoms with van der Waals surface area (Å²) < 4.78 is 5.32. The number of H-pyrrole nitrogens is 1. The predicted molar refractivity (Wildman–Crippen MR) is 49.3 cm³/mol. The van der Waals surface area contributed by atoms with E-state index in [1.54, 1.807) is 6.07 Å². The molecule has 0 aliphatic carbocycles. The van der Waals surface area contributed by atoms with E-state index >= 15 is 0 Å². The van der Waals surface area contributed by atoms with Gasteiger partial charge in [0, 0.05) is 6.20 Å². The van der Waals surface area contributed by atoms with Gasteiger partial charge in [-0.2, -0.15) is 0 Å². The number of fused-ring (bicyclic) bond motifs is 1. The van der Waals surface area contributed by atoms with Crippen LogP contribution in [0.4, 0.5) is 0 Å². The fourth-order valence-corrected chi connectivity index (χ4v) is 1.07. The smallest absolute Gasteiger partial charge is 0.347 e. The molecule has 2 aromatic rings. The van der Waals surface area contributed by atoms with Crippen LogP contribution in [0.5, 0.6) is 0 Å². The van der Waals surface area contributed by atoms with Crippen LogP contribution in [0.15, 0.2) is 28.1 Å². The molecule has 2 aromatic heterocycles. The molecule has 4 nitrogen and oxygen atoms in total. The molecule has 1 N–H and O–H groups in total. The van der Waals surface area contributed by atoms with Gasteiger partial charge in [-0.05, 0) is 18.6 Å². The Morgan fingerprint density at radius 1 is 1.69 bits per heavy atom. The molecule has 0 fully saturated rings. The van der Waals surface area contributed by atoms with Crippen LogP contribution >= 0.6 is 0 Å². The topological polar surface area (TPSA) is 58.9 Å². The van der Waals surface area contributed by atoms with Crippen molar-refractivity contribution in [1.82, 2.24) is 9.97 Å². The molecule has 0 atom stereocenters. The standard InChI is InChI=1S/C9H8N2O2/c1-5(2)7-3-6-4-10-9(12)11-8(6)13-7/h3-4H,1H2,2H3,(H,10,11,12). The first-order valence-electron chi connectivity index (χ1n) is 3.81. The summed E-state index contributed by atoms with van der Waals surface area (Å²) in [6.07, 6.45) is 1.48. The van der Waals surface area contributed by atoms with E-state index in [4.69, 9.17) is 4.42 Å². The van der Waals surface area contributed by atoms with Crippen molar-refractivity contribution in [1.29, 1.82) is 0 Å². The summed E-state index contributed by atoms with van der Waals surface area (Å²) in [5.41, 5.74) is 0.852. The molecule has 0 unspecified atom stereocenters. The first-order chi connectivity index (χ1) is 6.16. The second-order valence-electron chi connectivity index (χ2n) is 2.86. The van der Waals surface area contributed by atoms with Crippen molar-refractivity contribution < 1.29 is 4.42 Å². The number of hydrogen-bond acceptors (Lipinski definition) is 3. The second kappa shape index (κ2) is 2.58. The van der Waals surface area contributed by atoms with Crippen LogP contribution in [-0.2, 0) is 0 Å². The minimum absolute atomic E-state index is 0.407. The summed E-state index contributed by atoms with van der Waals surface area (Å²) >= 11 is 0. The Morgan fingerprint density at radius 2 is 2.46 bits per heavy atom. The van der Waals surface area contributed by atoms with Gasteiger partial charge in [0.15, 0.2) is 0 Å². The molecular formula is C9H8N2O2. The Balaban J connectivity index is 2.75. The molecule has 13 heavy (non-hydrogen) atoms. The lowest BCUT2D eigenvalue weighted by Crippen LogP contribution is -2.07. The Labute approximate surface area is 73.9 Å². The van der Waals surface area contributed by atoms with Crippen LogP contribution in [0, 0.1) is 0 Å². The molecule has 2 rings (SSSR count). The third kappa shape index (κ3) is 1.26. The first kappa shape index (κ1) is 7.79. The van der Waals surface area contributed by atoms with Gasteiger partial charge < -0.3 is 4.42 Å². The number of nitrogens with one attached hydrogen (secondary N) is 1. The summed E-state index contributed by atoms with van der Waals surface area (Å²) in [4.78, 5) is 16.9. The highest BCUT2D eigenvalue weighted by Gasteiger charge is 2.04. The maximum Gasteiger partial charge on any atom is 0.347 e. The van der Waals surface area contributed by atoms with Crippen molar-refractivity contribution in [2.24, 2.45) is 0 Å². The molecule has 0 saturated carbocycles. The number of furan rings is 1. The monoisotopic (exact) mass is 176 g/mol. The van der Waals surface area contributed by atoms with Crippen molar-refractivity contribution >= 4 is 16.7 Å². The molecule has 0 bridgehead atoms. The fraction of sp³-hybridized carbons (Fsp3) is 0.111. The van der Waals surface area contributed by atoms with Crippen molar-refractivity contribution in [3.8, 4) is 0 Å². The SMILES string of the molecule is C=C(C)c1cc2cnc(=O)[nH]c2o1. The van der Waals surface area contributed by atoms with Gasteiger partial charge in [-0.1, -0.05) is 6.58 Å². The average molecular weight is 176 g/mol. The Hall–Kier alpha value is -1.84. The molecule has 66 valence electrons. The lowest BCUT2D eigenvalue weighted by atomic mass is 10.2. The fourth-order valence-electron chi connectivity index (χ4n) is 1.07. The lowest BCUT2D eigenvalue weighted by molar-refractivity contribution is 0.585. The maximum absolute atomic E-state index is 10.8. The van der Waals surface area contributed by atoms with Crippen LogP contribution in [-0.4, -0.2) is 9.97 Å². The van der Waals surface area contributed by atoms with Crippen LogP contribution in [0.2, 0.25) is 0 Å². The number of hydrogen-bond donors (Lipinski definition) is 1. The van der Waals surface area contributed by atoms with Gasteiger partial charge in [0.05, 0.1) is 5.39 Å². The van der Waals surface area contributed by atoms with Crippen molar-refractivity contribution in [2.45, 2.75) is 6.92 Å². The summed E-state index contributed by atoms with van der Waals surface area (Å²) in [5.74, 6) is 0.665. The Kier molecular flexibility index (Phi) is 1.55. The number of rotatable bonds is 1. The zero-order valence-electron chi connectivity index (χ0n) is 7.13. The number of aromatic nitrogens is 2. The molecule has 4 heteroatoms. The van der Waals surface area contributed by atoms with E-state index in [1.165, 1.54) is 6.20 Å². The van der Waals surface area contributed by atoms with Crippen LogP contribution in [0.3, 0.4) is 0 Å². The van der Waals surface area contributed by atoms with Gasteiger partial charge in [0.1, 0.15) is 5.76 Å². The van der Waals surface area contributed by atoms with Crippen LogP contribution in [0.1, 0.15) is 12.7 Å². The summed E-state index contributed by atoms with van der Waals surface area (Å²) in [6, 6.07) is 1.79. The quantitative estimate of drug-likeness (QED) is 0.717. The molecule has 0 spiro atoms. The molecule has 0 radical (unpaired) electrons. The maximum atomic E-state index is 10.8. The van der Waals surface area contributed by atoms with E-state index in [1.807, 2.05) is 6.92 Å². The number of aromatic amines is 1. The highest BCUT2D eigenvalue weighted by atomic mass is 16.3. The Morgan fingerprint density at radius 3 is 3.15 bits per heavy atom. The minimum Gasteiger partial charge on any atom is -0.440 e. The van der Waals surface area contributed by atoms with E-state index in [9.17, 15) is 4.79 Å². The van der Waals surface area contributed by atoms with Gasteiger partial charge in [-0.15, -0.1) is 0 Å². The minimum atomic E-state index is -0.407. The number of allylic oxidation sites excluding steroid dienone is 1. The zero-order chi connectivity index (χ0) is 9.42. The van der Waals surface area contributed by atoms with Gasteiger partial charge in [-0.3, -0.25) is 4.98 Å². The van der Waals surface area contributed by atoms with Gasteiger partial charge in [0.2, 0.25) is 5.71 Å². The van der Waals surface area contributed by atoms with E-state index in [0.29, 0.717) is 11.5 Å². The zero-order valence-corrected chi connectivity index (χ0v) is 7.13. The molecular weight excluding hydrogens is 168 g/mol. The highest BCUT2D eigenvalue weighted by molar-refractivity contribution is 5.77. The molecule has 0 aliphatic heterocycles. The van der Waals surface area contributed by atoms with Crippen molar-refractivity contribution in [2.75, 3.05) is 0 Å². The van der Waals surface area contributed by atoms with Crippen LogP contribution < -0.4 is 5.69 Å². The average Bonchev–Trinajstić information content (AvgIpc) is 2.46. The van der Waals surface area contributed by atoms with Crippen molar-refractivity contribution in [3.05, 3.63) is 35.1 Å². The third-order valence-electron chi connectivity index (χ3n) is 1.72. The Bertz CT molecular complexity index is 522. The largest absolute Gasteiger partial charge is 0.440 e. The molecule has 0 amide bonds. The highest BCUT2D eigenvalue weighted by Crippen LogP contribution is 2.19. The van der Waals surface area contributed by atoms with E-state index < -0.39 is 5.69 Å². The molecule has 2 heterocycles. The number of nitrogens with zero attached hydrogens (tertiary/aromatic N) is 1. The van der Waals surface area contributed by atoms with E-state index in [2.05, 4.69) is 16.5 Å². The van der Waals surface area contributed by atoms with Gasteiger partial charge >= 0.3 is 5.69 Å². The third-order valence-corrected chi connectivity index (χ3v) is 1.72. The summed E-state index contributed by atoms with van der Waals surface area (Å²) in [6.45, 7) is 5.57. The van der Waals surface area contributed by atoms with Crippen LogP contribution in [0.25, 0.3) is 16.7 Å². The summed E-state index contributed by atoms with van der Waals surface area (Å²) in [7, 11) is 0. The second-order valence-corrected chi connectivity index (χ2v) is 2.86. The predicted octanol–water partition coefficient (Wildman–Crippen LogP) is 1.55. The van der Waals surface area contributed by atoms with E-state index in [0.717, 1.165) is 11.0 Å². The summed E-state index contributed by atoms with van der Waals surface area (Å²) in [5, 5.41) is 0.776. The molecule has 0 saturated heterocycles. The van der Waals surface area contributed by atoms with E-state index in [-0.39, 0.29) is 0 Å². The molecule has 0 aromatic carbocycles. The first-order valence-corrected chi connectivity index (χ1v) is 3.81. The lowest BCUT2D eigenvalue weighted by Gasteiger charge is -1.87. The van der Waals surface area contributed by atoms with Gasteiger partial charge in [0.25, 0.3) is 0 Å². The molecule has 0 aliphatic rings.